The number of sulfonamides is 1. The highest BCUT2D eigenvalue weighted by Crippen LogP contribution is 2.26. The molecule has 2 N–H and O–H groups in total. The van der Waals surface area contributed by atoms with Crippen molar-refractivity contribution in [1.29, 1.82) is 0 Å². The zero-order valence-corrected chi connectivity index (χ0v) is 16.3. The van der Waals surface area contributed by atoms with Crippen molar-refractivity contribution in [3.8, 4) is 0 Å². The van der Waals surface area contributed by atoms with Crippen LogP contribution in [0, 0.1) is 12.7 Å². The molecule has 144 valence electrons. The molecule has 0 radical (unpaired) electrons. The van der Waals surface area contributed by atoms with Gasteiger partial charge in [0.05, 0.1) is 5.02 Å². The molecule has 0 fully saturated rings. The fraction of sp³-hybridized carbons (Fsp3) is 0.0500. The van der Waals surface area contributed by atoms with Crippen LogP contribution in [0.25, 0.3) is 0 Å². The van der Waals surface area contributed by atoms with Crippen molar-refractivity contribution in [2.24, 2.45) is 0 Å². The molecule has 3 aromatic rings. The summed E-state index contributed by atoms with van der Waals surface area (Å²) in [7, 11) is -4.01. The lowest BCUT2D eigenvalue weighted by atomic mass is 10.2. The minimum absolute atomic E-state index is 0.0260. The SMILES string of the molecule is Cc1ccc(NS(=O)(=O)c2cc(C(=O)Nc3cccc(F)c3)ccc2Cl)cc1. The van der Waals surface area contributed by atoms with Gasteiger partial charge in [0.2, 0.25) is 0 Å². The van der Waals surface area contributed by atoms with Gasteiger partial charge in [-0.2, -0.15) is 0 Å². The number of aryl methyl sites for hydroxylation is 1. The van der Waals surface area contributed by atoms with Crippen LogP contribution in [-0.2, 0) is 10.0 Å². The summed E-state index contributed by atoms with van der Waals surface area (Å²) in [5.74, 6) is -1.09. The third kappa shape index (κ3) is 4.68. The third-order valence-electron chi connectivity index (χ3n) is 3.87. The molecule has 0 aliphatic heterocycles. The lowest BCUT2D eigenvalue weighted by Crippen LogP contribution is -2.16. The van der Waals surface area contributed by atoms with Gasteiger partial charge in [0.25, 0.3) is 15.9 Å². The Morgan fingerprint density at radius 1 is 0.964 bits per heavy atom. The second-order valence-corrected chi connectivity index (χ2v) is 8.14. The number of amides is 1. The smallest absolute Gasteiger partial charge is 0.263 e. The first kappa shape index (κ1) is 19.9. The predicted octanol–water partition coefficient (Wildman–Crippen LogP) is 4.84. The van der Waals surface area contributed by atoms with Gasteiger partial charge >= 0.3 is 0 Å². The van der Waals surface area contributed by atoms with E-state index >= 15 is 0 Å². The number of nitrogens with one attached hydrogen (secondary N) is 2. The van der Waals surface area contributed by atoms with Gasteiger partial charge < -0.3 is 5.32 Å². The molecule has 0 aromatic heterocycles. The number of anilines is 2. The van der Waals surface area contributed by atoms with Crippen LogP contribution in [0.4, 0.5) is 15.8 Å². The van der Waals surface area contributed by atoms with Crippen LogP contribution in [-0.4, -0.2) is 14.3 Å². The Labute approximate surface area is 167 Å². The number of halogens is 2. The summed E-state index contributed by atoms with van der Waals surface area (Å²) >= 11 is 6.06. The maximum absolute atomic E-state index is 13.3. The average molecular weight is 419 g/mol. The largest absolute Gasteiger partial charge is 0.322 e. The average Bonchev–Trinajstić information content (AvgIpc) is 2.63. The van der Waals surface area contributed by atoms with Gasteiger partial charge in [0.1, 0.15) is 10.7 Å². The van der Waals surface area contributed by atoms with Crippen molar-refractivity contribution in [2.45, 2.75) is 11.8 Å². The maximum atomic E-state index is 13.3. The molecule has 0 saturated carbocycles. The Morgan fingerprint density at radius 3 is 2.36 bits per heavy atom. The summed E-state index contributed by atoms with van der Waals surface area (Å²) in [6, 6.07) is 16.1. The monoisotopic (exact) mass is 418 g/mol. The topological polar surface area (TPSA) is 75.3 Å². The van der Waals surface area contributed by atoms with Crippen LogP contribution in [0.1, 0.15) is 15.9 Å². The second kappa shape index (κ2) is 8.00. The highest BCUT2D eigenvalue weighted by molar-refractivity contribution is 7.92. The van der Waals surface area contributed by atoms with E-state index in [-0.39, 0.29) is 21.2 Å². The van der Waals surface area contributed by atoms with Crippen LogP contribution in [0.5, 0.6) is 0 Å². The summed E-state index contributed by atoms with van der Waals surface area (Å²) in [5.41, 5.74) is 1.67. The van der Waals surface area contributed by atoms with Crippen molar-refractivity contribution in [1.82, 2.24) is 0 Å². The molecule has 3 aromatic carbocycles. The molecular formula is C20H16ClFN2O3S. The molecule has 0 spiro atoms. The van der Waals surface area contributed by atoms with Crippen LogP contribution in [0.2, 0.25) is 5.02 Å². The number of rotatable bonds is 5. The van der Waals surface area contributed by atoms with Crippen molar-refractivity contribution in [2.75, 3.05) is 10.0 Å². The Bertz CT molecular complexity index is 1130. The maximum Gasteiger partial charge on any atom is 0.263 e. The first-order valence-corrected chi connectivity index (χ1v) is 10.1. The molecule has 1 amide bonds. The highest BCUT2D eigenvalue weighted by atomic mass is 35.5. The minimum Gasteiger partial charge on any atom is -0.322 e. The first-order chi connectivity index (χ1) is 13.2. The molecule has 28 heavy (non-hydrogen) atoms. The summed E-state index contributed by atoms with van der Waals surface area (Å²) in [5, 5.41) is 2.49. The van der Waals surface area contributed by atoms with Crippen molar-refractivity contribution in [3.05, 3.63) is 88.7 Å². The van der Waals surface area contributed by atoms with Gasteiger partial charge in [-0.15, -0.1) is 0 Å². The standard InChI is InChI=1S/C20H16ClFN2O3S/c1-13-5-8-16(9-6-13)24-28(26,27)19-11-14(7-10-18(19)21)20(25)23-17-4-2-3-15(22)12-17/h2-12,24H,1H3,(H,23,25). The molecule has 0 saturated heterocycles. The molecule has 3 rings (SSSR count). The van der Waals surface area contributed by atoms with E-state index in [9.17, 15) is 17.6 Å². The van der Waals surface area contributed by atoms with Crippen LogP contribution in [0.3, 0.4) is 0 Å². The highest BCUT2D eigenvalue weighted by Gasteiger charge is 2.20. The van der Waals surface area contributed by atoms with Crippen molar-refractivity contribution >= 4 is 38.9 Å². The minimum atomic E-state index is -4.01. The molecule has 0 unspecified atom stereocenters. The number of hydrogen-bond donors (Lipinski definition) is 2. The zero-order valence-electron chi connectivity index (χ0n) is 14.7. The molecule has 0 heterocycles. The van der Waals surface area contributed by atoms with Crippen molar-refractivity contribution < 1.29 is 17.6 Å². The van der Waals surface area contributed by atoms with E-state index in [1.54, 1.807) is 24.3 Å². The summed E-state index contributed by atoms with van der Waals surface area (Å²) in [6.07, 6.45) is 0. The molecule has 8 heteroatoms. The van der Waals surface area contributed by atoms with Gasteiger partial charge in [0, 0.05) is 16.9 Å². The van der Waals surface area contributed by atoms with Crippen LogP contribution >= 0.6 is 11.6 Å². The lowest BCUT2D eigenvalue weighted by Gasteiger charge is -2.12. The number of carbonyl (C=O) groups is 1. The van der Waals surface area contributed by atoms with Crippen LogP contribution < -0.4 is 10.0 Å². The predicted molar refractivity (Wildman–Crippen MR) is 108 cm³/mol. The van der Waals surface area contributed by atoms with E-state index in [0.29, 0.717) is 5.69 Å². The molecule has 0 atom stereocenters. The Morgan fingerprint density at radius 2 is 1.68 bits per heavy atom. The lowest BCUT2D eigenvalue weighted by molar-refractivity contribution is 0.102. The quantitative estimate of drug-likeness (QED) is 0.622. The van der Waals surface area contributed by atoms with E-state index in [0.717, 1.165) is 11.6 Å². The van der Waals surface area contributed by atoms with Crippen molar-refractivity contribution in [3.63, 3.8) is 0 Å². The summed E-state index contributed by atoms with van der Waals surface area (Å²) < 4.78 is 41.1. The third-order valence-corrected chi connectivity index (χ3v) is 5.73. The molecule has 5 nitrogen and oxygen atoms in total. The van der Waals surface area contributed by atoms with Gasteiger partial charge in [-0.25, -0.2) is 12.8 Å². The van der Waals surface area contributed by atoms with Crippen LogP contribution in [0.15, 0.2) is 71.6 Å². The van der Waals surface area contributed by atoms with E-state index in [2.05, 4.69) is 10.0 Å². The first-order valence-electron chi connectivity index (χ1n) is 8.20. The molecule has 0 aliphatic rings. The normalized spacial score (nSPS) is 11.1. The summed E-state index contributed by atoms with van der Waals surface area (Å²) in [6.45, 7) is 1.88. The van der Waals surface area contributed by atoms with E-state index in [1.807, 2.05) is 6.92 Å². The molecule has 0 aliphatic carbocycles. The Kier molecular flexibility index (Phi) is 5.67. The summed E-state index contributed by atoms with van der Waals surface area (Å²) in [4.78, 5) is 12.2. The van der Waals surface area contributed by atoms with E-state index < -0.39 is 21.7 Å². The van der Waals surface area contributed by atoms with E-state index in [4.69, 9.17) is 11.6 Å². The van der Waals surface area contributed by atoms with Gasteiger partial charge in [-0.3, -0.25) is 9.52 Å². The Hall–Kier alpha value is -2.90. The fourth-order valence-electron chi connectivity index (χ4n) is 2.45. The Balaban J connectivity index is 1.87. The van der Waals surface area contributed by atoms with Gasteiger partial charge in [-0.1, -0.05) is 35.4 Å². The molecular weight excluding hydrogens is 403 g/mol. The zero-order chi connectivity index (χ0) is 20.3. The van der Waals surface area contributed by atoms with Gasteiger partial charge in [0.15, 0.2) is 0 Å². The number of hydrogen-bond acceptors (Lipinski definition) is 3. The van der Waals surface area contributed by atoms with Gasteiger partial charge in [-0.05, 0) is 55.5 Å². The fourth-order valence-corrected chi connectivity index (χ4v) is 4.04. The van der Waals surface area contributed by atoms with E-state index in [1.165, 1.54) is 36.4 Å². The number of benzene rings is 3. The molecule has 0 bridgehead atoms. The second-order valence-electron chi connectivity index (χ2n) is 6.08. The number of carbonyl (C=O) groups excluding carboxylic acids is 1.